The smallest absolute Gasteiger partial charge is 0.164 e. The number of aryl methyl sites for hydroxylation is 1. The van der Waals surface area contributed by atoms with Crippen LogP contribution in [-0.2, 0) is 14.2 Å². The van der Waals surface area contributed by atoms with Crippen LogP contribution in [0.4, 0.5) is 0 Å². The molecule has 29 heavy (non-hydrogen) atoms. The normalized spacial score (nSPS) is 29.3. The van der Waals surface area contributed by atoms with Crippen molar-refractivity contribution in [3.63, 3.8) is 0 Å². The molecule has 152 valence electrons. The maximum absolute atomic E-state index is 6.58. The number of aromatic nitrogens is 3. The molecule has 5 rings (SSSR count). The van der Waals surface area contributed by atoms with Crippen LogP contribution in [0, 0.1) is 6.92 Å². The van der Waals surface area contributed by atoms with Gasteiger partial charge in [0.2, 0.25) is 0 Å². The fourth-order valence-corrected chi connectivity index (χ4v) is 4.62. The molecule has 3 aromatic rings. The minimum absolute atomic E-state index is 0.112. The molecule has 2 aliphatic rings. The van der Waals surface area contributed by atoms with E-state index in [4.69, 9.17) is 25.8 Å². The molecule has 6 nitrogen and oxygen atoms in total. The zero-order chi connectivity index (χ0) is 20.3. The van der Waals surface area contributed by atoms with Crippen molar-refractivity contribution in [3.8, 4) is 0 Å². The van der Waals surface area contributed by atoms with Gasteiger partial charge < -0.3 is 18.8 Å². The fourth-order valence-electron chi connectivity index (χ4n) is 4.49. The van der Waals surface area contributed by atoms with Crippen LogP contribution >= 0.6 is 11.6 Å². The van der Waals surface area contributed by atoms with Gasteiger partial charge in [-0.05, 0) is 44.5 Å². The number of rotatable bonds is 3. The third-order valence-electron chi connectivity index (χ3n) is 5.94. The van der Waals surface area contributed by atoms with Crippen molar-refractivity contribution in [1.29, 1.82) is 0 Å². The Morgan fingerprint density at radius 2 is 1.79 bits per heavy atom. The summed E-state index contributed by atoms with van der Waals surface area (Å²) >= 11 is 6.07. The van der Waals surface area contributed by atoms with Crippen molar-refractivity contribution in [2.75, 3.05) is 0 Å². The third kappa shape index (κ3) is 3.15. The summed E-state index contributed by atoms with van der Waals surface area (Å²) in [6, 6.07) is 9.93. The maximum atomic E-state index is 6.58. The van der Waals surface area contributed by atoms with Crippen LogP contribution in [0.2, 0.25) is 5.02 Å². The van der Waals surface area contributed by atoms with Gasteiger partial charge in [-0.1, -0.05) is 30.7 Å². The molecule has 4 heterocycles. The molecule has 2 unspecified atom stereocenters. The van der Waals surface area contributed by atoms with Crippen molar-refractivity contribution in [2.45, 2.75) is 63.9 Å². The number of benzene rings is 1. The van der Waals surface area contributed by atoms with Gasteiger partial charge in [-0.3, -0.25) is 0 Å². The van der Waals surface area contributed by atoms with Crippen LogP contribution in [0.1, 0.15) is 44.2 Å². The first-order chi connectivity index (χ1) is 13.8. The van der Waals surface area contributed by atoms with Gasteiger partial charge in [0.1, 0.15) is 24.2 Å². The van der Waals surface area contributed by atoms with E-state index >= 15 is 0 Å². The fraction of sp³-hybridized carbons (Fsp3) is 0.455. The number of fused-ring (bicyclic) bond motifs is 2. The molecule has 0 aliphatic carbocycles. The van der Waals surface area contributed by atoms with Crippen molar-refractivity contribution in [1.82, 2.24) is 14.5 Å². The second-order valence-electron chi connectivity index (χ2n) is 8.32. The first-order valence-corrected chi connectivity index (χ1v) is 10.3. The van der Waals surface area contributed by atoms with Crippen LogP contribution in [0.5, 0.6) is 0 Å². The average molecular weight is 414 g/mol. The minimum Gasteiger partial charge on any atom is -0.348 e. The summed E-state index contributed by atoms with van der Waals surface area (Å²) in [5, 5.41) is 1.74. The Bertz CT molecular complexity index is 1050. The van der Waals surface area contributed by atoms with E-state index in [1.165, 1.54) is 0 Å². The molecule has 5 atom stereocenters. The summed E-state index contributed by atoms with van der Waals surface area (Å²) in [5.41, 5.74) is 2.94. The SMILES string of the molecule is Cc1ncnc2c1ccn2C1O[C@H](C(C)c2ccc(Cl)cc2)[C@H]2OC(C)(C)O[C@@H]12. The molecule has 0 spiro atoms. The predicted molar refractivity (Wildman–Crippen MR) is 110 cm³/mol. The molecule has 2 saturated heterocycles. The van der Waals surface area contributed by atoms with Crippen molar-refractivity contribution in [3.05, 3.63) is 59.1 Å². The van der Waals surface area contributed by atoms with Gasteiger partial charge in [-0.15, -0.1) is 0 Å². The first kappa shape index (κ1) is 19.0. The standard InChI is InChI=1S/C22H24ClN3O3/c1-12(14-5-7-15(23)8-6-14)17-18-19(29-22(3,4)28-18)21(27-17)26-10-9-16-13(2)24-11-25-20(16)26/h5-12,17-19,21H,1-4H3/t12?,17-,18-,19-,21?/m1/s1. The predicted octanol–water partition coefficient (Wildman–Crippen LogP) is 4.61. The lowest BCUT2D eigenvalue weighted by Crippen LogP contribution is -2.33. The van der Waals surface area contributed by atoms with Gasteiger partial charge in [0.25, 0.3) is 0 Å². The van der Waals surface area contributed by atoms with Gasteiger partial charge in [0, 0.05) is 22.5 Å². The minimum atomic E-state index is -0.664. The molecule has 7 heteroatoms. The highest BCUT2D eigenvalue weighted by molar-refractivity contribution is 6.30. The van der Waals surface area contributed by atoms with E-state index in [1.54, 1.807) is 6.33 Å². The highest BCUT2D eigenvalue weighted by Gasteiger charge is 2.57. The first-order valence-electron chi connectivity index (χ1n) is 9.89. The number of ether oxygens (including phenoxy) is 3. The highest BCUT2D eigenvalue weighted by atomic mass is 35.5. The Morgan fingerprint density at radius 1 is 1.07 bits per heavy atom. The second-order valence-corrected chi connectivity index (χ2v) is 8.75. The van der Waals surface area contributed by atoms with Crippen LogP contribution in [0.15, 0.2) is 42.9 Å². The number of nitrogens with zero attached hydrogens (tertiary/aromatic N) is 3. The van der Waals surface area contributed by atoms with Gasteiger partial charge in [0.05, 0.1) is 11.8 Å². The van der Waals surface area contributed by atoms with E-state index in [0.717, 1.165) is 27.3 Å². The summed E-state index contributed by atoms with van der Waals surface area (Å²) in [6.07, 6.45) is 2.70. The maximum Gasteiger partial charge on any atom is 0.164 e. The van der Waals surface area contributed by atoms with E-state index in [2.05, 4.69) is 16.9 Å². The van der Waals surface area contributed by atoms with Gasteiger partial charge >= 0.3 is 0 Å². The summed E-state index contributed by atoms with van der Waals surface area (Å²) < 4.78 is 21.2. The average Bonchev–Trinajstić information content (AvgIpc) is 3.33. The van der Waals surface area contributed by atoms with Crippen molar-refractivity contribution in [2.24, 2.45) is 0 Å². The molecule has 0 amide bonds. The lowest BCUT2D eigenvalue weighted by Gasteiger charge is -2.28. The van der Waals surface area contributed by atoms with E-state index in [-0.39, 0.29) is 30.5 Å². The Kier molecular flexibility index (Phi) is 4.44. The van der Waals surface area contributed by atoms with Crippen molar-refractivity contribution >= 4 is 22.6 Å². The molecule has 0 bridgehead atoms. The van der Waals surface area contributed by atoms with Gasteiger partial charge in [-0.25, -0.2) is 9.97 Å². The van der Waals surface area contributed by atoms with Crippen LogP contribution in [0.3, 0.4) is 0 Å². The molecular formula is C22H24ClN3O3. The Labute approximate surface area is 174 Å². The second kappa shape index (κ2) is 6.77. The third-order valence-corrected chi connectivity index (χ3v) is 6.19. The Morgan fingerprint density at radius 3 is 2.55 bits per heavy atom. The van der Waals surface area contributed by atoms with Crippen LogP contribution in [0.25, 0.3) is 11.0 Å². The molecule has 1 aromatic carbocycles. The number of hydrogen-bond donors (Lipinski definition) is 0. The molecule has 0 N–H and O–H groups in total. The summed E-state index contributed by atoms with van der Waals surface area (Å²) in [4.78, 5) is 8.79. The summed E-state index contributed by atoms with van der Waals surface area (Å²) in [7, 11) is 0. The number of hydrogen-bond acceptors (Lipinski definition) is 5. The zero-order valence-corrected chi connectivity index (χ0v) is 17.6. The van der Waals surface area contributed by atoms with E-state index < -0.39 is 5.79 Å². The van der Waals surface area contributed by atoms with Crippen LogP contribution < -0.4 is 0 Å². The molecule has 2 aromatic heterocycles. The van der Waals surface area contributed by atoms with E-state index in [1.807, 2.05) is 61.9 Å². The topological polar surface area (TPSA) is 58.4 Å². The molecule has 0 radical (unpaired) electrons. The van der Waals surface area contributed by atoms with Crippen LogP contribution in [-0.4, -0.2) is 38.6 Å². The van der Waals surface area contributed by atoms with E-state index in [0.29, 0.717) is 0 Å². The molecule has 0 saturated carbocycles. The zero-order valence-electron chi connectivity index (χ0n) is 16.9. The molecule has 2 aliphatic heterocycles. The summed E-state index contributed by atoms with van der Waals surface area (Å²) in [5.74, 6) is -0.552. The quantitative estimate of drug-likeness (QED) is 0.627. The lowest BCUT2D eigenvalue weighted by molar-refractivity contribution is -0.198. The molecular weight excluding hydrogens is 390 g/mol. The lowest BCUT2D eigenvalue weighted by atomic mass is 9.91. The summed E-state index contributed by atoms with van der Waals surface area (Å²) in [6.45, 7) is 8.04. The largest absolute Gasteiger partial charge is 0.348 e. The monoisotopic (exact) mass is 413 g/mol. The number of halogens is 1. The van der Waals surface area contributed by atoms with Crippen molar-refractivity contribution < 1.29 is 14.2 Å². The Balaban J connectivity index is 1.53. The van der Waals surface area contributed by atoms with Gasteiger partial charge in [-0.2, -0.15) is 0 Å². The highest BCUT2D eigenvalue weighted by Crippen LogP contribution is 2.47. The van der Waals surface area contributed by atoms with E-state index in [9.17, 15) is 0 Å². The Hall–Kier alpha value is -1.99. The van der Waals surface area contributed by atoms with Gasteiger partial charge in [0.15, 0.2) is 12.0 Å². The molecule has 2 fully saturated rings.